The highest BCUT2D eigenvalue weighted by atomic mass is 16.5. The van der Waals surface area contributed by atoms with Crippen LogP contribution in [0.2, 0.25) is 0 Å². The summed E-state index contributed by atoms with van der Waals surface area (Å²) >= 11 is 0. The van der Waals surface area contributed by atoms with Gasteiger partial charge >= 0.3 is 5.97 Å². The molecule has 0 amide bonds. The van der Waals surface area contributed by atoms with E-state index in [9.17, 15) is 4.79 Å². The van der Waals surface area contributed by atoms with Crippen LogP contribution in [0.1, 0.15) is 0 Å². The number of likely N-dealkylation sites (N-methyl/N-ethyl adjacent to an activating group) is 1. The molecule has 0 bridgehead atoms. The molecule has 5 nitrogen and oxygen atoms in total. The number of carbonyl (C=O) groups is 1. The highest BCUT2D eigenvalue weighted by Crippen LogP contribution is 1.84. The van der Waals surface area contributed by atoms with Gasteiger partial charge in [-0.15, -0.1) is 0 Å². The maximum atomic E-state index is 10.3. The van der Waals surface area contributed by atoms with Gasteiger partial charge in [-0.3, -0.25) is 4.79 Å². The largest absolute Gasteiger partial charge is 0.480 e. The quantitative estimate of drug-likeness (QED) is 0.423. The average molecular weight is 163 g/mol. The fraction of sp³-hybridized carbons (Fsp3) is 0.833. The van der Waals surface area contributed by atoms with Gasteiger partial charge in [-0.1, -0.05) is 0 Å². The highest BCUT2D eigenvalue weighted by molar-refractivity contribution is 5.73. The third-order valence-corrected chi connectivity index (χ3v) is 1.17. The van der Waals surface area contributed by atoms with Gasteiger partial charge in [0.1, 0.15) is 6.04 Å². The van der Waals surface area contributed by atoms with Gasteiger partial charge in [0.05, 0.1) is 19.8 Å². The van der Waals surface area contributed by atoms with Gasteiger partial charge in [0, 0.05) is 0 Å². The first kappa shape index (κ1) is 10.3. The van der Waals surface area contributed by atoms with E-state index in [0.717, 1.165) is 0 Å². The smallest absolute Gasteiger partial charge is 0.323 e. The number of carboxylic acid groups (broad SMARTS) is 1. The molecule has 0 spiro atoms. The molecule has 0 heterocycles. The van der Waals surface area contributed by atoms with Crippen molar-refractivity contribution in [2.75, 3.05) is 26.9 Å². The maximum Gasteiger partial charge on any atom is 0.323 e. The van der Waals surface area contributed by atoms with Crippen LogP contribution in [-0.2, 0) is 9.53 Å². The Hall–Kier alpha value is -0.650. The molecule has 0 aliphatic carbocycles. The van der Waals surface area contributed by atoms with E-state index in [1.54, 1.807) is 7.05 Å². The molecule has 1 unspecified atom stereocenters. The van der Waals surface area contributed by atoms with E-state index in [0.29, 0.717) is 0 Å². The molecule has 11 heavy (non-hydrogen) atoms. The number of aliphatic carboxylic acids is 1. The summed E-state index contributed by atoms with van der Waals surface area (Å²) in [5.74, 6) is -0.953. The summed E-state index contributed by atoms with van der Waals surface area (Å²) in [5, 5.41) is 19.3. The van der Waals surface area contributed by atoms with Gasteiger partial charge in [-0.2, -0.15) is 0 Å². The zero-order valence-electron chi connectivity index (χ0n) is 6.41. The topological polar surface area (TPSA) is 78.8 Å². The summed E-state index contributed by atoms with van der Waals surface area (Å²) in [6, 6.07) is -0.693. The molecular weight excluding hydrogens is 150 g/mol. The molecule has 0 aliphatic rings. The molecule has 3 N–H and O–H groups in total. The van der Waals surface area contributed by atoms with Crippen molar-refractivity contribution < 1.29 is 19.7 Å². The fourth-order valence-electron chi connectivity index (χ4n) is 0.544. The Morgan fingerprint density at radius 1 is 1.73 bits per heavy atom. The zero-order valence-corrected chi connectivity index (χ0v) is 6.41. The lowest BCUT2D eigenvalue weighted by Crippen LogP contribution is -2.38. The molecule has 1 atom stereocenters. The number of hydrogen-bond acceptors (Lipinski definition) is 4. The number of carboxylic acids is 1. The standard InChI is InChI=1S/C6H13NO4/c1-7-5(6(9)10)4-11-3-2-8/h5,7-8H,2-4H2,1H3,(H,9,10). The average Bonchev–Trinajstić information content (AvgIpc) is 1.97. The second-order valence-corrected chi connectivity index (χ2v) is 1.98. The SMILES string of the molecule is CNC(COCCO)C(=O)O. The molecule has 0 fully saturated rings. The van der Waals surface area contributed by atoms with Gasteiger partial charge in [0.25, 0.3) is 0 Å². The molecule has 0 saturated heterocycles. The lowest BCUT2D eigenvalue weighted by Gasteiger charge is -2.10. The Kier molecular flexibility index (Phi) is 5.73. The van der Waals surface area contributed by atoms with Crippen LogP contribution < -0.4 is 5.32 Å². The van der Waals surface area contributed by atoms with E-state index in [1.165, 1.54) is 0 Å². The molecule has 0 rings (SSSR count). The molecule has 0 aliphatic heterocycles. The summed E-state index contributed by atoms with van der Waals surface area (Å²) < 4.78 is 4.80. The Bertz CT molecular complexity index is 117. The van der Waals surface area contributed by atoms with Gasteiger partial charge < -0.3 is 20.3 Å². The van der Waals surface area contributed by atoms with Crippen LogP contribution >= 0.6 is 0 Å². The number of nitrogens with one attached hydrogen (secondary N) is 1. The van der Waals surface area contributed by atoms with Crippen molar-refractivity contribution in [3.63, 3.8) is 0 Å². The van der Waals surface area contributed by atoms with E-state index in [1.807, 2.05) is 0 Å². The lowest BCUT2D eigenvalue weighted by atomic mass is 10.3. The van der Waals surface area contributed by atoms with Crippen molar-refractivity contribution in [2.24, 2.45) is 0 Å². The monoisotopic (exact) mass is 163 g/mol. The minimum absolute atomic E-state index is 0.0758. The Labute approximate surface area is 65.0 Å². The normalized spacial score (nSPS) is 12.9. The van der Waals surface area contributed by atoms with E-state index < -0.39 is 12.0 Å². The van der Waals surface area contributed by atoms with Crippen molar-refractivity contribution in [2.45, 2.75) is 6.04 Å². The third-order valence-electron chi connectivity index (χ3n) is 1.17. The van der Waals surface area contributed by atoms with E-state index in [2.05, 4.69) is 5.32 Å². The Morgan fingerprint density at radius 3 is 2.73 bits per heavy atom. The molecule has 0 aromatic carbocycles. The van der Waals surface area contributed by atoms with Gasteiger partial charge in [-0.05, 0) is 7.05 Å². The van der Waals surface area contributed by atoms with Gasteiger partial charge in [0.2, 0.25) is 0 Å². The van der Waals surface area contributed by atoms with Crippen LogP contribution in [0.3, 0.4) is 0 Å². The van der Waals surface area contributed by atoms with E-state index in [4.69, 9.17) is 14.9 Å². The summed E-state index contributed by atoms with van der Waals surface area (Å²) in [5.41, 5.74) is 0. The van der Waals surface area contributed by atoms with Crippen molar-refractivity contribution in [3.8, 4) is 0 Å². The third kappa shape index (κ3) is 4.72. The van der Waals surface area contributed by atoms with Crippen LogP contribution in [0.5, 0.6) is 0 Å². The van der Waals surface area contributed by atoms with Crippen molar-refractivity contribution in [1.29, 1.82) is 0 Å². The molecule has 0 aromatic rings. The molecule has 66 valence electrons. The van der Waals surface area contributed by atoms with Gasteiger partial charge in [-0.25, -0.2) is 0 Å². The molecular formula is C6H13NO4. The van der Waals surface area contributed by atoms with Gasteiger partial charge in [0.15, 0.2) is 0 Å². The van der Waals surface area contributed by atoms with Crippen LogP contribution in [0.15, 0.2) is 0 Å². The number of aliphatic hydroxyl groups excluding tert-OH is 1. The van der Waals surface area contributed by atoms with E-state index in [-0.39, 0.29) is 19.8 Å². The number of ether oxygens (including phenoxy) is 1. The summed E-state index contributed by atoms with van der Waals surface area (Å²) in [6.45, 7) is 0.161. The number of rotatable bonds is 6. The maximum absolute atomic E-state index is 10.3. The minimum atomic E-state index is -0.953. The second-order valence-electron chi connectivity index (χ2n) is 1.98. The minimum Gasteiger partial charge on any atom is -0.480 e. The number of hydrogen-bond donors (Lipinski definition) is 3. The molecule has 0 radical (unpaired) electrons. The first-order valence-electron chi connectivity index (χ1n) is 3.31. The predicted octanol–water partition coefficient (Wildman–Crippen LogP) is -1.33. The van der Waals surface area contributed by atoms with Crippen molar-refractivity contribution in [3.05, 3.63) is 0 Å². The van der Waals surface area contributed by atoms with Crippen LogP contribution in [-0.4, -0.2) is 49.1 Å². The van der Waals surface area contributed by atoms with E-state index >= 15 is 0 Å². The summed E-state index contributed by atoms with van der Waals surface area (Å²) in [6.07, 6.45) is 0. The lowest BCUT2D eigenvalue weighted by molar-refractivity contribution is -0.141. The van der Waals surface area contributed by atoms with Crippen molar-refractivity contribution >= 4 is 5.97 Å². The fourth-order valence-corrected chi connectivity index (χ4v) is 0.544. The van der Waals surface area contributed by atoms with Crippen molar-refractivity contribution in [1.82, 2.24) is 5.32 Å². The molecule has 5 heteroatoms. The Balaban J connectivity index is 3.44. The predicted molar refractivity (Wildman–Crippen MR) is 38.4 cm³/mol. The first-order valence-corrected chi connectivity index (χ1v) is 3.31. The highest BCUT2D eigenvalue weighted by Gasteiger charge is 2.13. The van der Waals surface area contributed by atoms with Crippen LogP contribution in [0, 0.1) is 0 Å². The summed E-state index contributed by atoms with van der Waals surface area (Å²) in [4.78, 5) is 10.3. The number of aliphatic hydroxyl groups is 1. The Morgan fingerprint density at radius 2 is 2.36 bits per heavy atom. The van der Waals surface area contributed by atoms with Crippen LogP contribution in [0.25, 0.3) is 0 Å². The summed E-state index contributed by atoms with van der Waals surface area (Å²) in [7, 11) is 1.54. The van der Waals surface area contributed by atoms with Crippen LogP contribution in [0.4, 0.5) is 0 Å². The molecule has 0 saturated carbocycles. The first-order chi connectivity index (χ1) is 5.22. The molecule has 0 aromatic heterocycles. The zero-order chi connectivity index (χ0) is 8.69. The second kappa shape index (κ2) is 6.09.